The highest BCUT2D eigenvalue weighted by Gasteiger charge is 2.08. The maximum atomic E-state index is 13.1. The van der Waals surface area contributed by atoms with Crippen LogP contribution in [0.2, 0.25) is 0 Å². The lowest BCUT2D eigenvalue weighted by molar-refractivity contribution is 0.233. The second-order valence-electron chi connectivity index (χ2n) is 2.95. The number of hydrogen-bond donors (Lipinski definition) is 2. The highest BCUT2D eigenvalue weighted by atomic mass is 19.1. The van der Waals surface area contributed by atoms with E-state index in [1.54, 1.807) is 0 Å². The average Bonchev–Trinajstić information content (AvgIpc) is 2.21. The zero-order valence-corrected chi connectivity index (χ0v) is 8.50. The van der Waals surface area contributed by atoms with E-state index in [0.717, 1.165) is 6.07 Å². The van der Waals surface area contributed by atoms with Crippen molar-refractivity contribution in [2.75, 3.05) is 26.1 Å². The lowest BCUT2D eigenvalue weighted by Gasteiger charge is -2.10. The van der Waals surface area contributed by atoms with Crippen LogP contribution >= 0.6 is 0 Å². The standard InChI is InChI=1S/C10H14FNO3/c1-14-9-6-10(15-4-2-3-13)8(12)5-7(9)11/h5-6,13H,2-4,12H2,1H3. The zero-order chi connectivity index (χ0) is 11.3. The van der Waals surface area contributed by atoms with Crippen LogP contribution in [0.25, 0.3) is 0 Å². The molecule has 1 aromatic carbocycles. The molecular weight excluding hydrogens is 201 g/mol. The van der Waals surface area contributed by atoms with Gasteiger partial charge in [0.15, 0.2) is 11.6 Å². The van der Waals surface area contributed by atoms with Crippen molar-refractivity contribution in [3.8, 4) is 11.5 Å². The van der Waals surface area contributed by atoms with E-state index < -0.39 is 5.82 Å². The molecule has 0 aliphatic rings. The van der Waals surface area contributed by atoms with E-state index in [1.807, 2.05) is 0 Å². The number of aliphatic hydroxyl groups is 1. The van der Waals surface area contributed by atoms with E-state index in [-0.39, 0.29) is 18.0 Å². The molecule has 0 aliphatic heterocycles. The molecule has 0 aromatic heterocycles. The third kappa shape index (κ3) is 2.99. The number of nitrogen functional groups attached to an aromatic ring is 1. The van der Waals surface area contributed by atoms with Gasteiger partial charge in [0, 0.05) is 25.2 Å². The SMILES string of the molecule is COc1cc(OCCCO)c(N)cc1F. The van der Waals surface area contributed by atoms with Crippen LogP contribution < -0.4 is 15.2 Å². The molecular formula is C10H14FNO3. The molecule has 0 saturated heterocycles. The van der Waals surface area contributed by atoms with Crippen molar-refractivity contribution < 1.29 is 19.0 Å². The normalized spacial score (nSPS) is 10.1. The summed E-state index contributed by atoms with van der Waals surface area (Å²) in [6, 6.07) is 2.54. The lowest BCUT2D eigenvalue weighted by Crippen LogP contribution is -2.03. The first-order valence-corrected chi connectivity index (χ1v) is 4.55. The number of nitrogens with two attached hydrogens (primary N) is 1. The van der Waals surface area contributed by atoms with Gasteiger partial charge < -0.3 is 20.3 Å². The largest absolute Gasteiger partial charge is 0.494 e. The fourth-order valence-corrected chi connectivity index (χ4v) is 1.08. The van der Waals surface area contributed by atoms with Crippen molar-refractivity contribution in [3.63, 3.8) is 0 Å². The van der Waals surface area contributed by atoms with Crippen molar-refractivity contribution in [2.45, 2.75) is 6.42 Å². The Balaban J connectivity index is 2.78. The van der Waals surface area contributed by atoms with Crippen LogP contribution in [0.15, 0.2) is 12.1 Å². The third-order valence-corrected chi connectivity index (χ3v) is 1.84. The predicted molar refractivity (Wildman–Crippen MR) is 54.6 cm³/mol. The molecule has 0 aliphatic carbocycles. The Labute approximate surface area is 87.4 Å². The minimum atomic E-state index is -0.524. The molecule has 1 aromatic rings. The molecule has 0 radical (unpaired) electrons. The molecule has 84 valence electrons. The summed E-state index contributed by atoms with van der Waals surface area (Å²) < 4.78 is 23.1. The van der Waals surface area contributed by atoms with Crippen LogP contribution in [0.3, 0.4) is 0 Å². The van der Waals surface area contributed by atoms with Gasteiger partial charge >= 0.3 is 0 Å². The van der Waals surface area contributed by atoms with Crippen LogP contribution in [0, 0.1) is 5.82 Å². The van der Waals surface area contributed by atoms with Crippen LogP contribution in [-0.4, -0.2) is 25.4 Å². The van der Waals surface area contributed by atoms with Crippen LogP contribution in [0.5, 0.6) is 11.5 Å². The molecule has 5 heteroatoms. The molecule has 0 amide bonds. The van der Waals surface area contributed by atoms with Crippen molar-refractivity contribution >= 4 is 5.69 Å². The molecule has 0 spiro atoms. The molecule has 15 heavy (non-hydrogen) atoms. The third-order valence-electron chi connectivity index (χ3n) is 1.84. The van der Waals surface area contributed by atoms with E-state index in [4.69, 9.17) is 20.3 Å². The Kier molecular flexibility index (Phi) is 4.17. The molecule has 4 nitrogen and oxygen atoms in total. The minimum Gasteiger partial charge on any atom is -0.494 e. The second kappa shape index (κ2) is 5.41. The summed E-state index contributed by atoms with van der Waals surface area (Å²) in [5.41, 5.74) is 5.76. The number of rotatable bonds is 5. The van der Waals surface area contributed by atoms with Crippen molar-refractivity contribution in [2.24, 2.45) is 0 Å². The number of ether oxygens (including phenoxy) is 2. The van der Waals surface area contributed by atoms with Gasteiger partial charge in [-0.1, -0.05) is 0 Å². The Hall–Kier alpha value is -1.49. The number of methoxy groups -OCH3 is 1. The Bertz CT molecular complexity index is 331. The van der Waals surface area contributed by atoms with Crippen molar-refractivity contribution in [3.05, 3.63) is 17.9 Å². The minimum absolute atomic E-state index is 0.0399. The monoisotopic (exact) mass is 215 g/mol. The summed E-state index contributed by atoms with van der Waals surface area (Å²) in [7, 11) is 1.37. The van der Waals surface area contributed by atoms with Gasteiger partial charge in [0.05, 0.1) is 19.4 Å². The van der Waals surface area contributed by atoms with Crippen LogP contribution in [0.4, 0.5) is 10.1 Å². The molecule has 3 N–H and O–H groups in total. The van der Waals surface area contributed by atoms with Gasteiger partial charge in [-0.3, -0.25) is 0 Å². The topological polar surface area (TPSA) is 64.7 Å². The first-order valence-electron chi connectivity index (χ1n) is 4.55. The lowest BCUT2D eigenvalue weighted by atomic mass is 10.2. The van der Waals surface area contributed by atoms with E-state index in [0.29, 0.717) is 18.8 Å². The number of benzene rings is 1. The number of anilines is 1. The van der Waals surface area contributed by atoms with Gasteiger partial charge in [-0.2, -0.15) is 0 Å². The molecule has 0 unspecified atom stereocenters. The first-order chi connectivity index (χ1) is 7.19. The van der Waals surface area contributed by atoms with Gasteiger partial charge in [0.25, 0.3) is 0 Å². The summed E-state index contributed by atoms with van der Waals surface area (Å²) in [4.78, 5) is 0. The molecule has 0 bridgehead atoms. The number of halogens is 1. The molecule has 0 atom stereocenters. The van der Waals surface area contributed by atoms with Crippen molar-refractivity contribution in [1.29, 1.82) is 0 Å². The van der Waals surface area contributed by atoms with Crippen molar-refractivity contribution in [1.82, 2.24) is 0 Å². The molecule has 0 heterocycles. The Morgan fingerprint density at radius 1 is 1.40 bits per heavy atom. The maximum absolute atomic E-state index is 13.1. The van der Waals surface area contributed by atoms with E-state index in [2.05, 4.69) is 0 Å². The van der Waals surface area contributed by atoms with Gasteiger partial charge in [0.2, 0.25) is 0 Å². The predicted octanol–water partition coefficient (Wildman–Crippen LogP) is 1.18. The zero-order valence-electron chi connectivity index (χ0n) is 8.50. The summed E-state index contributed by atoms with van der Waals surface area (Å²) in [6.07, 6.45) is 0.499. The summed E-state index contributed by atoms with van der Waals surface area (Å²) in [5.74, 6) is -0.0746. The number of hydrogen-bond acceptors (Lipinski definition) is 4. The highest BCUT2D eigenvalue weighted by molar-refractivity contribution is 5.56. The average molecular weight is 215 g/mol. The fraction of sp³-hybridized carbons (Fsp3) is 0.400. The maximum Gasteiger partial charge on any atom is 0.167 e. The van der Waals surface area contributed by atoms with Crippen LogP contribution in [0.1, 0.15) is 6.42 Å². The summed E-state index contributed by atoms with van der Waals surface area (Å²) in [6.45, 7) is 0.369. The van der Waals surface area contributed by atoms with Crippen LogP contribution in [-0.2, 0) is 0 Å². The Morgan fingerprint density at radius 3 is 2.73 bits per heavy atom. The molecule has 0 fully saturated rings. The quantitative estimate of drug-likeness (QED) is 0.571. The van der Waals surface area contributed by atoms with E-state index in [9.17, 15) is 4.39 Å². The molecule has 0 saturated carbocycles. The Morgan fingerprint density at radius 2 is 2.13 bits per heavy atom. The first kappa shape index (κ1) is 11.6. The number of aliphatic hydroxyl groups excluding tert-OH is 1. The van der Waals surface area contributed by atoms with E-state index in [1.165, 1.54) is 13.2 Å². The molecule has 1 rings (SSSR count). The van der Waals surface area contributed by atoms with Gasteiger partial charge in [-0.25, -0.2) is 4.39 Å². The van der Waals surface area contributed by atoms with Gasteiger partial charge in [0.1, 0.15) is 5.75 Å². The highest BCUT2D eigenvalue weighted by Crippen LogP contribution is 2.29. The summed E-state index contributed by atoms with van der Waals surface area (Å²) in [5, 5.41) is 8.56. The second-order valence-corrected chi connectivity index (χ2v) is 2.95. The smallest absolute Gasteiger partial charge is 0.167 e. The van der Waals surface area contributed by atoms with Gasteiger partial charge in [-0.05, 0) is 0 Å². The fourth-order valence-electron chi connectivity index (χ4n) is 1.08. The van der Waals surface area contributed by atoms with E-state index >= 15 is 0 Å². The summed E-state index contributed by atoms with van der Waals surface area (Å²) >= 11 is 0. The van der Waals surface area contributed by atoms with Gasteiger partial charge in [-0.15, -0.1) is 0 Å².